The largest absolute Gasteiger partial charge is 0.506 e. The smallest absolute Gasteiger partial charge is 0.347 e. The number of phenols is 1. The number of aromatic nitrogens is 1. The van der Waals surface area contributed by atoms with Gasteiger partial charge in [-0.2, -0.15) is 0 Å². The maximum atomic E-state index is 14.3. The molecule has 2 fully saturated rings. The van der Waals surface area contributed by atoms with Crippen LogP contribution in [0.15, 0.2) is 150 Å². The predicted molar refractivity (Wildman–Crippen MR) is 261 cm³/mol. The number of phenolic OH excluding ortho intramolecular Hbond substituents is 1. The predicted octanol–water partition coefficient (Wildman–Crippen LogP) is 8.72. The Kier molecular flexibility index (Phi) is 13.8. The Morgan fingerprint density at radius 2 is 1.51 bits per heavy atom. The van der Waals surface area contributed by atoms with E-state index in [1.807, 2.05) is 60.7 Å². The van der Waals surface area contributed by atoms with E-state index < -0.39 is 17.7 Å². The third-order valence-corrected chi connectivity index (χ3v) is 14.9. The number of thiophene rings is 1. The van der Waals surface area contributed by atoms with Crippen LogP contribution in [0.25, 0.3) is 21.3 Å². The van der Waals surface area contributed by atoms with E-state index in [0.717, 1.165) is 79.0 Å². The van der Waals surface area contributed by atoms with Gasteiger partial charge in [0.15, 0.2) is 0 Å². The van der Waals surface area contributed by atoms with E-state index in [-0.39, 0.29) is 40.8 Å². The van der Waals surface area contributed by atoms with Crippen molar-refractivity contribution in [2.24, 2.45) is 5.41 Å². The van der Waals surface area contributed by atoms with Gasteiger partial charge in [0.1, 0.15) is 11.9 Å². The third-order valence-electron chi connectivity index (χ3n) is 13.7. The first-order chi connectivity index (χ1) is 32.5. The summed E-state index contributed by atoms with van der Waals surface area (Å²) in [6, 6.07) is 44.4. The van der Waals surface area contributed by atoms with Gasteiger partial charge in [-0.15, -0.1) is 11.3 Å². The molecule has 12 heteroatoms. The van der Waals surface area contributed by atoms with Crippen molar-refractivity contribution < 1.29 is 29.6 Å². The Balaban J connectivity index is 0.783. The van der Waals surface area contributed by atoms with Crippen molar-refractivity contribution >= 4 is 34.1 Å². The van der Waals surface area contributed by atoms with Crippen molar-refractivity contribution in [2.75, 3.05) is 19.6 Å². The summed E-state index contributed by atoms with van der Waals surface area (Å²) in [5.74, 6) is -0.939. The van der Waals surface area contributed by atoms with Crippen LogP contribution >= 0.6 is 11.3 Å². The minimum atomic E-state index is -2.01. The lowest BCUT2D eigenvalue weighted by Crippen LogP contribution is -2.44. The quantitative estimate of drug-likeness (QED) is 0.0553. The highest BCUT2D eigenvalue weighted by Crippen LogP contribution is 2.46. The fourth-order valence-electron chi connectivity index (χ4n) is 9.75. The highest BCUT2D eigenvalue weighted by atomic mass is 32.1. The number of amides is 1. The van der Waals surface area contributed by atoms with E-state index in [0.29, 0.717) is 40.7 Å². The first kappa shape index (κ1) is 45.7. The number of aromatic hydroxyl groups is 1. The van der Waals surface area contributed by atoms with Crippen LogP contribution in [-0.4, -0.2) is 62.8 Å². The molecule has 6 N–H and O–H groups in total. The van der Waals surface area contributed by atoms with Gasteiger partial charge in [-0.1, -0.05) is 97.1 Å². The maximum absolute atomic E-state index is 14.3. The SMILES string of the molecule is O=C(NCc1ccc(-c2cccc([C@](O)(C(=O)OC3CCC4(CC3)CCN(Cc3ccccc3)CC4)c3ccccc3)c2)s1)c1ccc(CNC[C@H](O)c2ccc(O)c3[nH]c(=O)ccc23)cc1. The molecular weight excluding hydrogens is 861 g/mol. The average molecular weight is 917 g/mol. The molecular formula is C55H56N4O7S. The number of carbonyl (C=O) groups excluding carboxylic acids is 2. The van der Waals surface area contributed by atoms with Crippen LogP contribution in [0.4, 0.5) is 0 Å². The molecule has 9 rings (SSSR count). The van der Waals surface area contributed by atoms with Crippen LogP contribution in [0.3, 0.4) is 0 Å². The summed E-state index contributed by atoms with van der Waals surface area (Å²) in [5, 5.41) is 40.4. The molecule has 1 saturated carbocycles. The molecule has 2 aromatic heterocycles. The fraction of sp³-hybridized carbons (Fsp3) is 0.291. The number of likely N-dealkylation sites (tertiary alicyclic amines) is 1. The number of ether oxygens (including phenoxy) is 1. The highest BCUT2D eigenvalue weighted by Gasteiger charge is 2.45. The number of fused-ring (bicyclic) bond motifs is 1. The summed E-state index contributed by atoms with van der Waals surface area (Å²) in [4.78, 5) is 46.3. The normalized spacial score (nSPS) is 16.6. The van der Waals surface area contributed by atoms with E-state index >= 15 is 0 Å². The number of pyridine rings is 1. The Labute approximate surface area is 394 Å². The van der Waals surface area contributed by atoms with Crippen molar-refractivity contribution in [3.8, 4) is 16.2 Å². The third kappa shape index (κ3) is 10.4. The summed E-state index contributed by atoms with van der Waals surface area (Å²) in [5.41, 5.74) is 3.29. The van der Waals surface area contributed by atoms with Gasteiger partial charge < -0.3 is 35.7 Å². The molecule has 0 radical (unpaired) electrons. The molecule has 1 saturated heterocycles. The first-order valence-corrected chi connectivity index (χ1v) is 23.9. The summed E-state index contributed by atoms with van der Waals surface area (Å²) >= 11 is 1.53. The summed E-state index contributed by atoms with van der Waals surface area (Å²) in [6.07, 6.45) is 4.74. The first-order valence-electron chi connectivity index (χ1n) is 23.1. The monoisotopic (exact) mass is 916 g/mol. The molecule has 3 heterocycles. The molecule has 1 amide bonds. The fourth-order valence-corrected chi connectivity index (χ4v) is 10.7. The van der Waals surface area contributed by atoms with Crippen LogP contribution in [0.1, 0.15) is 87.7 Å². The Bertz CT molecular complexity index is 2870. The number of aromatic amines is 1. The number of carbonyl (C=O) groups is 2. The van der Waals surface area contributed by atoms with Crippen molar-refractivity contribution in [3.05, 3.63) is 194 Å². The number of aliphatic hydroxyl groups excluding tert-OH is 1. The number of nitrogens with zero attached hydrogens (tertiary/aromatic N) is 1. The second-order valence-corrected chi connectivity index (χ2v) is 19.3. The van der Waals surface area contributed by atoms with Gasteiger partial charge in [-0.3, -0.25) is 14.5 Å². The Morgan fingerprint density at radius 3 is 2.25 bits per heavy atom. The van der Waals surface area contributed by atoms with E-state index in [1.54, 1.807) is 42.5 Å². The molecule has 344 valence electrons. The van der Waals surface area contributed by atoms with Gasteiger partial charge in [0.05, 0.1) is 18.2 Å². The number of H-pyrrole nitrogens is 1. The molecule has 2 aliphatic rings. The molecule has 1 spiro atoms. The topological polar surface area (TPSA) is 164 Å². The van der Waals surface area contributed by atoms with Crippen LogP contribution in [-0.2, 0) is 34.8 Å². The van der Waals surface area contributed by atoms with Gasteiger partial charge in [-0.05, 0) is 127 Å². The molecule has 5 aromatic carbocycles. The number of hydrogen-bond acceptors (Lipinski definition) is 10. The summed E-state index contributed by atoms with van der Waals surface area (Å²) < 4.78 is 6.24. The molecule has 2 atom stereocenters. The lowest BCUT2D eigenvalue weighted by Gasteiger charge is -2.46. The lowest BCUT2D eigenvalue weighted by molar-refractivity contribution is -0.171. The van der Waals surface area contributed by atoms with Crippen molar-refractivity contribution in [1.82, 2.24) is 20.5 Å². The number of aliphatic hydroxyl groups is 2. The van der Waals surface area contributed by atoms with Gasteiger partial charge in [0, 0.05) is 52.0 Å². The number of nitrogens with one attached hydrogen (secondary N) is 3. The lowest BCUT2D eigenvalue weighted by atomic mass is 9.67. The van der Waals surface area contributed by atoms with Gasteiger partial charge in [-0.25, -0.2) is 4.79 Å². The van der Waals surface area contributed by atoms with Crippen molar-refractivity contribution in [3.63, 3.8) is 0 Å². The number of esters is 1. The molecule has 0 unspecified atom stereocenters. The zero-order valence-electron chi connectivity index (χ0n) is 37.3. The Morgan fingerprint density at radius 1 is 0.791 bits per heavy atom. The van der Waals surface area contributed by atoms with Crippen molar-refractivity contribution in [2.45, 2.75) is 76.0 Å². The zero-order valence-corrected chi connectivity index (χ0v) is 38.1. The van der Waals surface area contributed by atoms with Crippen LogP contribution in [0.2, 0.25) is 0 Å². The number of rotatable bonds is 15. The van der Waals surface area contributed by atoms with E-state index in [2.05, 4.69) is 50.8 Å². The van der Waals surface area contributed by atoms with Crippen LogP contribution in [0, 0.1) is 5.41 Å². The molecule has 67 heavy (non-hydrogen) atoms. The standard InChI is InChI=1S/C55H56N4O7S/c60-47-21-19-45(46-20-23-50(62)58-51(46)47)48(61)35-56-33-37-14-16-39(17-15-37)52(63)57-34-44-18-22-49(67-44)40-10-7-13-42(32-40)55(65,41-11-5-2-6-12-41)53(64)66-43-24-26-54(27-25-43)28-30-59(31-29-54)36-38-8-3-1-4-9-38/h1-23,32,43,48,56,60-61,65H,24-31,33-36H2,(H,57,63)(H,58,62)/t48-,55-/m0/s1. The molecule has 11 nitrogen and oxygen atoms in total. The van der Waals surface area contributed by atoms with Crippen LogP contribution in [0.5, 0.6) is 5.75 Å². The molecule has 0 bridgehead atoms. The molecule has 1 aliphatic heterocycles. The average Bonchev–Trinajstić information content (AvgIpc) is 3.85. The number of benzene rings is 5. The second kappa shape index (κ2) is 20.2. The minimum absolute atomic E-state index is 0.0640. The highest BCUT2D eigenvalue weighted by molar-refractivity contribution is 7.15. The van der Waals surface area contributed by atoms with Gasteiger partial charge in [0.2, 0.25) is 11.2 Å². The zero-order chi connectivity index (χ0) is 46.4. The summed E-state index contributed by atoms with van der Waals surface area (Å²) in [6.45, 7) is 4.12. The summed E-state index contributed by atoms with van der Waals surface area (Å²) in [7, 11) is 0. The number of piperidine rings is 1. The van der Waals surface area contributed by atoms with Crippen molar-refractivity contribution in [1.29, 1.82) is 0 Å². The van der Waals surface area contributed by atoms with Gasteiger partial charge >= 0.3 is 5.97 Å². The maximum Gasteiger partial charge on any atom is 0.347 e. The van der Waals surface area contributed by atoms with E-state index in [9.17, 15) is 29.7 Å². The minimum Gasteiger partial charge on any atom is -0.506 e. The molecule has 7 aromatic rings. The Hall–Kier alpha value is -6.41. The van der Waals surface area contributed by atoms with E-state index in [1.165, 1.54) is 29.0 Å². The van der Waals surface area contributed by atoms with Gasteiger partial charge in [0.25, 0.3) is 5.91 Å². The van der Waals surface area contributed by atoms with E-state index in [4.69, 9.17) is 4.74 Å². The molecule has 1 aliphatic carbocycles. The second-order valence-electron chi connectivity index (χ2n) is 18.1. The van der Waals surface area contributed by atoms with Crippen LogP contribution < -0.4 is 16.2 Å². The number of hydrogen-bond donors (Lipinski definition) is 6.